The molecule has 3 heterocycles. The average molecular weight is 869 g/mol. The molecule has 0 spiro atoms. The Bertz CT molecular complexity index is 3890. The lowest BCUT2D eigenvalue weighted by molar-refractivity contribution is 0.669. The maximum absolute atomic E-state index is 6.36. The first kappa shape index (κ1) is 39.2. The van der Waals surface area contributed by atoms with Crippen molar-refractivity contribution in [2.24, 2.45) is 0 Å². The maximum Gasteiger partial charge on any atom is 0.164 e. The number of rotatable bonds is 8. The molecule has 0 aliphatic carbocycles. The molecule has 0 fully saturated rings. The van der Waals surface area contributed by atoms with E-state index in [1.807, 2.05) is 36.4 Å². The van der Waals surface area contributed by atoms with Crippen molar-refractivity contribution in [1.82, 2.24) is 19.5 Å². The highest BCUT2D eigenvalue weighted by atomic mass is 16.3. The number of aromatic nitrogens is 4. The molecular weight excluding hydrogens is 829 g/mol. The van der Waals surface area contributed by atoms with Gasteiger partial charge in [0, 0.05) is 43.8 Å². The molecule has 5 heteroatoms. The molecule has 0 N–H and O–H groups in total. The van der Waals surface area contributed by atoms with Crippen LogP contribution in [0.2, 0.25) is 0 Å². The minimum absolute atomic E-state index is 0.575. The number of benzene rings is 10. The van der Waals surface area contributed by atoms with Crippen molar-refractivity contribution in [2.75, 3.05) is 0 Å². The fraction of sp³-hybridized carbons (Fsp3) is 0. The van der Waals surface area contributed by atoms with Gasteiger partial charge in [-0.2, -0.15) is 0 Å². The Morgan fingerprint density at radius 2 is 0.735 bits per heavy atom. The zero-order valence-corrected chi connectivity index (χ0v) is 36.8. The summed E-state index contributed by atoms with van der Waals surface area (Å²) in [7, 11) is 0. The third-order valence-electron chi connectivity index (χ3n) is 13.1. The van der Waals surface area contributed by atoms with Crippen LogP contribution in [0.3, 0.4) is 0 Å². The van der Waals surface area contributed by atoms with Crippen molar-refractivity contribution in [3.8, 4) is 84.4 Å². The Labute approximate surface area is 392 Å². The summed E-state index contributed by atoms with van der Waals surface area (Å²) in [5, 5.41) is 4.37. The fourth-order valence-corrected chi connectivity index (χ4v) is 9.78. The van der Waals surface area contributed by atoms with Crippen LogP contribution < -0.4 is 0 Å². The van der Waals surface area contributed by atoms with E-state index in [-0.39, 0.29) is 0 Å². The maximum atomic E-state index is 6.36. The van der Waals surface area contributed by atoms with Gasteiger partial charge in [-0.25, -0.2) is 15.0 Å². The molecule has 13 aromatic rings. The number of para-hydroxylation sites is 1. The van der Waals surface area contributed by atoms with Crippen LogP contribution in [0.15, 0.2) is 247 Å². The van der Waals surface area contributed by atoms with E-state index >= 15 is 0 Å². The van der Waals surface area contributed by atoms with Gasteiger partial charge in [0.15, 0.2) is 17.5 Å². The van der Waals surface area contributed by atoms with Crippen LogP contribution in [0.25, 0.3) is 128 Å². The van der Waals surface area contributed by atoms with Gasteiger partial charge in [-0.1, -0.05) is 188 Å². The first-order valence-electron chi connectivity index (χ1n) is 22.9. The number of hydrogen-bond donors (Lipinski definition) is 0. The molecule has 3 aromatic heterocycles. The van der Waals surface area contributed by atoms with Crippen molar-refractivity contribution < 1.29 is 4.42 Å². The van der Waals surface area contributed by atoms with Gasteiger partial charge in [0.05, 0.1) is 16.7 Å². The van der Waals surface area contributed by atoms with E-state index in [0.717, 1.165) is 77.6 Å². The van der Waals surface area contributed by atoms with Crippen LogP contribution in [0.1, 0.15) is 0 Å². The van der Waals surface area contributed by atoms with E-state index in [2.05, 4.69) is 211 Å². The number of furan rings is 1. The highest BCUT2D eigenvalue weighted by Gasteiger charge is 2.21. The quantitative estimate of drug-likeness (QED) is 0.153. The van der Waals surface area contributed by atoms with Crippen LogP contribution in [0, 0.1) is 0 Å². The van der Waals surface area contributed by atoms with Crippen molar-refractivity contribution in [1.29, 1.82) is 0 Å². The molecule has 10 aromatic carbocycles. The van der Waals surface area contributed by atoms with Crippen LogP contribution in [-0.2, 0) is 0 Å². The van der Waals surface area contributed by atoms with E-state index in [1.165, 1.54) is 33.0 Å². The molecule has 0 saturated carbocycles. The smallest absolute Gasteiger partial charge is 0.164 e. The highest BCUT2D eigenvalue weighted by molar-refractivity contribution is 6.13. The second-order valence-electron chi connectivity index (χ2n) is 17.2. The van der Waals surface area contributed by atoms with Gasteiger partial charge in [-0.15, -0.1) is 0 Å². The summed E-state index contributed by atoms with van der Waals surface area (Å²) in [4.78, 5) is 15.9. The second kappa shape index (κ2) is 16.4. The van der Waals surface area contributed by atoms with Crippen molar-refractivity contribution in [3.63, 3.8) is 0 Å². The lowest BCUT2D eigenvalue weighted by Crippen LogP contribution is -2.02. The van der Waals surface area contributed by atoms with Gasteiger partial charge in [0.25, 0.3) is 0 Å². The van der Waals surface area contributed by atoms with E-state index in [1.54, 1.807) is 0 Å². The van der Waals surface area contributed by atoms with Crippen LogP contribution >= 0.6 is 0 Å². The lowest BCUT2D eigenvalue weighted by atomic mass is 9.99. The number of nitrogens with zero attached hydrogens (tertiary/aromatic N) is 4. The normalized spacial score (nSPS) is 11.5. The molecule has 0 aliphatic rings. The lowest BCUT2D eigenvalue weighted by Gasteiger charge is -2.16. The average Bonchev–Trinajstić information content (AvgIpc) is 3.97. The minimum Gasteiger partial charge on any atom is -0.456 e. The summed E-state index contributed by atoms with van der Waals surface area (Å²) in [6.07, 6.45) is 0. The summed E-state index contributed by atoms with van der Waals surface area (Å²) in [6.45, 7) is 0. The van der Waals surface area contributed by atoms with Crippen LogP contribution in [0.4, 0.5) is 0 Å². The second-order valence-corrected chi connectivity index (χ2v) is 17.2. The first-order valence-corrected chi connectivity index (χ1v) is 22.9. The van der Waals surface area contributed by atoms with Gasteiger partial charge in [-0.3, -0.25) is 0 Å². The van der Waals surface area contributed by atoms with E-state index in [0.29, 0.717) is 17.5 Å². The molecule has 5 nitrogen and oxygen atoms in total. The fourth-order valence-electron chi connectivity index (χ4n) is 9.78. The van der Waals surface area contributed by atoms with E-state index < -0.39 is 0 Å². The molecule has 0 radical (unpaired) electrons. The van der Waals surface area contributed by atoms with E-state index in [4.69, 9.17) is 19.4 Å². The Morgan fingerprint density at radius 1 is 0.279 bits per heavy atom. The molecule has 0 atom stereocenters. The molecular formula is C63H40N4O. The van der Waals surface area contributed by atoms with Crippen LogP contribution in [-0.4, -0.2) is 19.5 Å². The van der Waals surface area contributed by atoms with Gasteiger partial charge in [0.1, 0.15) is 11.2 Å². The van der Waals surface area contributed by atoms with Gasteiger partial charge in [-0.05, 0) is 93.5 Å². The molecule has 0 unspecified atom stereocenters. The molecule has 13 rings (SSSR count). The van der Waals surface area contributed by atoms with Gasteiger partial charge in [0.2, 0.25) is 0 Å². The SMILES string of the molecule is c1ccc(-c2ccc(-c3nc(-c4ccc(-n5c6ccc(-c7ccccc7)cc6c6cc(-c7ccccc7)ccc65)c(-c5ccccc5)c4)nc(-c4cccc5oc6ccccc6c45)n3)cc2)cc1. The standard InChI is InChI=1S/C63H40N4O/c1-5-16-41(17-6-1)44-28-30-46(31-29-44)61-64-62(66-63(65-61)51-25-15-27-59-60(51)50-24-13-14-26-58(50)68-59)49-34-37-55(52(40-49)45-22-11-4-12-23-45)67-56-35-32-47(42-18-7-2-8-19-42)38-53(56)54-39-48(33-36-57(54)67)43-20-9-3-10-21-43/h1-40H. The topological polar surface area (TPSA) is 56.7 Å². The summed E-state index contributed by atoms with van der Waals surface area (Å²) >= 11 is 0. The Kier molecular flexibility index (Phi) is 9.43. The monoisotopic (exact) mass is 868 g/mol. The van der Waals surface area contributed by atoms with Crippen molar-refractivity contribution in [3.05, 3.63) is 243 Å². The summed E-state index contributed by atoms with van der Waals surface area (Å²) in [5.74, 6) is 1.74. The summed E-state index contributed by atoms with van der Waals surface area (Å²) in [6, 6.07) is 85.4. The van der Waals surface area contributed by atoms with Gasteiger partial charge < -0.3 is 8.98 Å². The van der Waals surface area contributed by atoms with Crippen LogP contribution in [0.5, 0.6) is 0 Å². The third kappa shape index (κ3) is 6.84. The van der Waals surface area contributed by atoms with E-state index in [9.17, 15) is 0 Å². The third-order valence-corrected chi connectivity index (χ3v) is 13.1. The number of hydrogen-bond acceptors (Lipinski definition) is 4. The molecule has 0 amide bonds. The Balaban J connectivity index is 1.03. The zero-order chi connectivity index (χ0) is 45.0. The Morgan fingerprint density at radius 3 is 1.35 bits per heavy atom. The Hall–Kier alpha value is -9.19. The predicted octanol–water partition coefficient (Wildman–Crippen LogP) is 16.5. The molecule has 0 bridgehead atoms. The number of fused-ring (bicyclic) bond motifs is 6. The van der Waals surface area contributed by atoms with Gasteiger partial charge >= 0.3 is 0 Å². The molecule has 0 aliphatic heterocycles. The first-order chi connectivity index (χ1) is 33.7. The molecule has 318 valence electrons. The summed E-state index contributed by atoms with van der Waals surface area (Å²) in [5.41, 5.74) is 16.7. The van der Waals surface area contributed by atoms with Crippen molar-refractivity contribution >= 4 is 43.7 Å². The molecule has 0 saturated heterocycles. The zero-order valence-electron chi connectivity index (χ0n) is 36.8. The largest absolute Gasteiger partial charge is 0.456 e. The predicted molar refractivity (Wildman–Crippen MR) is 279 cm³/mol. The highest BCUT2D eigenvalue weighted by Crippen LogP contribution is 2.42. The molecule has 68 heavy (non-hydrogen) atoms. The summed E-state index contributed by atoms with van der Waals surface area (Å²) < 4.78 is 8.78. The van der Waals surface area contributed by atoms with Crippen molar-refractivity contribution in [2.45, 2.75) is 0 Å². The minimum atomic E-state index is 0.575.